The Bertz CT molecular complexity index is 798. The molecule has 0 radical (unpaired) electrons. The van der Waals surface area contributed by atoms with Crippen LogP contribution in [-0.4, -0.2) is 27.7 Å². The molecule has 0 aliphatic carbocycles. The average Bonchev–Trinajstić information content (AvgIpc) is 3.07. The van der Waals surface area contributed by atoms with Crippen molar-refractivity contribution in [2.45, 2.75) is 6.92 Å². The van der Waals surface area contributed by atoms with Crippen molar-refractivity contribution in [1.82, 2.24) is 15.2 Å². The zero-order valence-electron chi connectivity index (χ0n) is 11.0. The summed E-state index contributed by atoms with van der Waals surface area (Å²) in [5.74, 6) is -0.544. The number of hydrogen-bond acceptors (Lipinski definition) is 5. The van der Waals surface area contributed by atoms with E-state index in [1.54, 1.807) is 19.1 Å². The van der Waals surface area contributed by atoms with Crippen molar-refractivity contribution in [3.05, 3.63) is 35.0 Å². The first-order chi connectivity index (χ1) is 10.2. The molecule has 1 aromatic carbocycles. The standard InChI is InChI=1S/C13H11FN4O2S/c1-2-20-13-16-12(17-18-13)15-11(19)10-6-7-8(14)4-3-5-9(7)21-10/h3-6H,2H2,1H3,(H2,15,16,17,18,19). The highest BCUT2D eigenvalue weighted by atomic mass is 32.1. The van der Waals surface area contributed by atoms with Crippen LogP contribution in [0.4, 0.5) is 10.3 Å². The number of thiophene rings is 1. The second kappa shape index (κ2) is 5.49. The van der Waals surface area contributed by atoms with Crippen LogP contribution in [0.2, 0.25) is 0 Å². The third-order valence-electron chi connectivity index (χ3n) is 2.70. The molecule has 108 valence electrons. The number of halogens is 1. The predicted molar refractivity (Wildman–Crippen MR) is 77.3 cm³/mol. The van der Waals surface area contributed by atoms with E-state index in [-0.39, 0.29) is 23.7 Å². The van der Waals surface area contributed by atoms with Crippen LogP contribution in [0.15, 0.2) is 24.3 Å². The summed E-state index contributed by atoms with van der Waals surface area (Å²) in [6, 6.07) is 6.42. The first kappa shape index (κ1) is 13.5. The molecule has 1 amide bonds. The van der Waals surface area contributed by atoms with Gasteiger partial charge in [-0.05, 0) is 25.1 Å². The highest BCUT2D eigenvalue weighted by molar-refractivity contribution is 7.20. The molecule has 2 N–H and O–H groups in total. The fourth-order valence-electron chi connectivity index (χ4n) is 1.80. The normalized spacial score (nSPS) is 10.8. The summed E-state index contributed by atoms with van der Waals surface area (Å²) in [6.45, 7) is 2.24. The zero-order valence-corrected chi connectivity index (χ0v) is 11.8. The lowest BCUT2D eigenvalue weighted by molar-refractivity contribution is 0.103. The fraction of sp³-hybridized carbons (Fsp3) is 0.154. The molecule has 3 aromatic rings. The topological polar surface area (TPSA) is 79.9 Å². The number of ether oxygens (including phenoxy) is 1. The van der Waals surface area contributed by atoms with Crippen molar-refractivity contribution in [1.29, 1.82) is 0 Å². The smallest absolute Gasteiger partial charge is 0.337 e. The van der Waals surface area contributed by atoms with Crippen LogP contribution in [0.1, 0.15) is 16.6 Å². The molecule has 0 aliphatic rings. The molecular formula is C13H11FN4O2S. The lowest BCUT2D eigenvalue weighted by Crippen LogP contribution is -2.11. The van der Waals surface area contributed by atoms with Crippen LogP contribution in [0.3, 0.4) is 0 Å². The number of carbonyl (C=O) groups excluding carboxylic acids is 1. The van der Waals surface area contributed by atoms with Gasteiger partial charge in [-0.2, -0.15) is 4.98 Å². The first-order valence-corrected chi connectivity index (χ1v) is 7.03. The molecule has 2 heterocycles. The molecule has 21 heavy (non-hydrogen) atoms. The van der Waals surface area contributed by atoms with Crippen LogP contribution in [-0.2, 0) is 0 Å². The Morgan fingerprint density at radius 1 is 1.52 bits per heavy atom. The lowest BCUT2D eigenvalue weighted by Gasteiger charge is -1.97. The highest BCUT2D eigenvalue weighted by Gasteiger charge is 2.14. The van der Waals surface area contributed by atoms with Crippen LogP contribution in [0.5, 0.6) is 6.01 Å². The monoisotopic (exact) mass is 306 g/mol. The number of aromatic nitrogens is 3. The summed E-state index contributed by atoms with van der Waals surface area (Å²) in [7, 11) is 0. The average molecular weight is 306 g/mol. The van der Waals surface area contributed by atoms with Gasteiger partial charge in [0.25, 0.3) is 5.91 Å². The molecular weight excluding hydrogens is 295 g/mol. The van der Waals surface area contributed by atoms with E-state index in [1.807, 2.05) is 0 Å². The third kappa shape index (κ3) is 2.70. The van der Waals surface area contributed by atoms with E-state index in [9.17, 15) is 9.18 Å². The Balaban J connectivity index is 1.81. The summed E-state index contributed by atoms with van der Waals surface area (Å²) in [6.07, 6.45) is 0. The molecule has 0 unspecified atom stereocenters. The minimum absolute atomic E-state index is 0.162. The van der Waals surface area contributed by atoms with Gasteiger partial charge in [0.15, 0.2) is 0 Å². The summed E-state index contributed by atoms with van der Waals surface area (Å²) in [5.41, 5.74) is 0. The van der Waals surface area contributed by atoms with Crippen LogP contribution < -0.4 is 10.1 Å². The Morgan fingerprint density at radius 3 is 3.14 bits per heavy atom. The number of carbonyl (C=O) groups is 1. The van der Waals surface area contributed by atoms with Crippen molar-refractivity contribution in [2.24, 2.45) is 0 Å². The van der Waals surface area contributed by atoms with E-state index in [0.29, 0.717) is 21.6 Å². The van der Waals surface area contributed by atoms with E-state index < -0.39 is 0 Å². The van der Waals surface area contributed by atoms with Gasteiger partial charge in [0.2, 0.25) is 5.95 Å². The maximum atomic E-state index is 13.6. The maximum Gasteiger partial charge on any atom is 0.337 e. The second-order valence-corrected chi connectivity index (χ2v) is 5.20. The largest absolute Gasteiger partial charge is 0.463 e. The summed E-state index contributed by atoms with van der Waals surface area (Å²) >= 11 is 1.21. The van der Waals surface area contributed by atoms with Crippen LogP contribution >= 0.6 is 11.3 Å². The summed E-state index contributed by atoms with van der Waals surface area (Å²) < 4.78 is 19.4. The lowest BCUT2D eigenvalue weighted by atomic mass is 10.2. The fourth-order valence-corrected chi connectivity index (χ4v) is 2.77. The minimum atomic E-state index is -0.380. The molecule has 2 aromatic heterocycles. The number of aromatic amines is 1. The molecule has 0 spiro atoms. The molecule has 8 heteroatoms. The van der Waals surface area contributed by atoms with E-state index in [2.05, 4.69) is 20.5 Å². The van der Waals surface area contributed by atoms with E-state index in [4.69, 9.17) is 4.74 Å². The van der Waals surface area contributed by atoms with Gasteiger partial charge in [0.05, 0.1) is 11.5 Å². The van der Waals surface area contributed by atoms with Gasteiger partial charge in [-0.15, -0.1) is 16.4 Å². The third-order valence-corrected chi connectivity index (χ3v) is 3.80. The number of nitrogens with zero attached hydrogens (tertiary/aromatic N) is 2. The van der Waals surface area contributed by atoms with Crippen molar-refractivity contribution < 1.29 is 13.9 Å². The van der Waals surface area contributed by atoms with Crippen molar-refractivity contribution >= 4 is 33.3 Å². The van der Waals surface area contributed by atoms with Crippen molar-refractivity contribution in [3.8, 4) is 6.01 Å². The summed E-state index contributed by atoms with van der Waals surface area (Å²) in [5, 5.41) is 9.32. The number of rotatable bonds is 4. The van der Waals surface area contributed by atoms with Crippen LogP contribution in [0.25, 0.3) is 10.1 Å². The Labute approximate surface area is 123 Å². The number of nitrogens with one attached hydrogen (secondary N) is 2. The van der Waals surface area contributed by atoms with Gasteiger partial charge in [0, 0.05) is 10.1 Å². The van der Waals surface area contributed by atoms with E-state index >= 15 is 0 Å². The molecule has 3 rings (SSSR count). The Hall–Kier alpha value is -2.48. The SMILES string of the molecule is CCOc1n[nH]c(NC(=O)c2cc3c(F)cccc3s2)n1. The van der Waals surface area contributed by atoms with E-state index in [1.165, 1.54) is 23.5 Å². The van der Waals surface area contributed by atoms with Gasteiger partial charge < -0.3 is 4.74 Å². The molecule has 6 nitrogen and oxygen atoms in total. The number of hydrogen-bond donors (Lipinski definition) is 2. The number of amides is 1. The quantitative estimate of drug-likeness (QED) is 0.776. The van der Waals surface area contributed by atoms with Gasteiger partial charge in [-0.3, -0.25) is 10.1 Å². The maximum absolute atomic E-state index is 13.6. The number of anilines is 1. The van der Waals surface area contributed by atoms with Gasteiger partial charge >= 0.3 is 6.01 Å². The van der Waals surface area contributed by atoms with E-state index in [0.717, 1.165) is 0 Å². The molecule has 0 bridgehead atoms. The highest BCUT2D eigenvalue weighted by Crippen LogP contribution is 2.28. The molecule has 0 aliphatic heterocycles. The van der Waals surface area contributed by atoms with Crippen molar-refractivity contribution in [3.63, 3.8) is 0 Å². The number of H-pyrrole nitrogens is 1. The molecule has 0 saturated heterocycles. The number of benzene rings is 1. The van der Waals surface area contributed by atoms with Crippen molar-refractivity contribution in [2.75, 3.05) is 11.9 Å². The number of fused-ring (bicyclic) bond motifs is 1. The second-order valence-electron chi connectivity index (χ2n) is 4.12. The molecule has 0 saturated carbocycles. The van der Waals surface area contributed by atoms with Gasteiger partial charge in [0.1, 0.15) is 5.82 Å². The minimum Gasteiger partial charge on any atom is -0.463 e. The van der Waals surface area contributed by atoms with Gasteiger partial charge in [-0.1, -0.05) is 6.07 Å². The van der Waals surface area contributed by atoms with Crippen LogP contribution in [0, 0.1) is 5.82 Å². The molecule has 0 fully saturated rings. The Kier molecular flexibility index (Phi) is 3.53. The Morgan fingerprint density at radius 2 is 2.38 bits per heavy atom. The predicted octanol–water partition coefficient (Wildman–Crippen LogP) is 2.81. The van der Waals surface area contributed by atoms with Gasteiger partial charge in [-0.25, -0.2) is 9.49 Å². The zero-order chi connectivity index (χ0) is 14.8. The molecule has 0 atom stereocenters. The first-order valence-electron chi connectivity index (χ1n) is 6.22. The summed E-state index contributed by atoms with van der Waals surface area (Å²) in [4.78, 5) is 16.5.